The van der Waals surface area contributed by atoms with E-state index in [1.807, 2.05) is 12.1 Å². The lowest BCUT2D eigenvalue weighted by atomic mass is 10.0. The number of carbonyl (C=O) groups excluding carboxylic acids is 1. The number of amides is 1. The zero-order chi connectivity index (χ0) is 13.4. The molecule has 1 aromatic rings. The molecule has 1 aromatic carbocycles. The monoisotopic (exact) mass is 250 g/mol. The van der Waals surface area contributed by atoms with Crippen LogP contribution in [-0.2, 0) is 16.0 Å². The summed E-state index contributed by atoms with van der Waals surface area (Å²) in [5.41, 5.74) is 8.79. The molecule has 4 heteroatoms. The van der Waals surface area contributed by atoms with Gasteiger partial charge in [-0.05, 0) is 30.5 Å². The Balaban J connectivity index is 2.29. The van der Waals surface area contributed by atoms with E-state index in [2.05, 4.69) is 25.2 Å². The molecule has 0 bridgehead atoms. The Kier molecular flexibility index (Phi) is 6.39. The molecule has 0 fully saturated rings. The molecule has 0 aromatic heterocycles. The fourth-order valence-corrected chi connectivity index (χ4v) is 1.61. The van der Waals surface area contributed by atoms with Crippen molar-refractivity contribution in [1.82, 2.24) is 5.32 Å². The number of nitrogens with two attached hydrogens (primary N) is 1. The second-order valence-electron chi connectivity index (χ2n) is 4.35. The van der Waals surface area contributed by atoms with Gasteiger partial charge >= 0.3 is 0 Å². The minimum Gasteiger partial charge on any atom is -0.378 e. The second kappa shape index (κ2) is 7.84. The maximum atomic E-state index is 11.7. The molecule has 18 heavy (non-hydrogen) atoms. The lowest BCUT2D eigenvalue weighted by Gasteiger charge is -2.07. The molecule has 0 atom stereocenters. The number of hydrogen-bond acceptors (Lipinski definition) is 3. The van der Waals surface area contributed by atoms with Crippen molar-refractivity contribution < 1.29 is 9.53 Å². The standard InChI is InChI=1S/C14H22N2O2/c1-11-3-4-13(9-12(11)2)10-14(17)16-6-8-18-7-5-15/h3-4,9H,5-8,10,15H2,1-2H3,(H,16,17). The highest BCUT2D eigenvalue weighted by Crippen LogP contribution is 2.10. The maximum absolute atomic E-state index is 11.7. The Morgan fingerprint density at radius 1 is 1.28 bits per heavy atom. The smallest absolute Gasteiger partial charge is 0.224 e. The number of nitrogens with one attached hydrogen (secondary N) is 1. The van der Waals surface area contributed by atoms with Crippen LogP contribution >= 0.6 is 0 Å². The van der Waals surface area contributed by atoms with Crippen molar-refractivity contribution in [2.24, 2.45) is 5.73 Å². The Morgan fingerprint density at radius 2 is 2.06 bits per heavy atom. The third-order valence-corrected chi connectivity index (χ3v) is 2.77. The van der Waals surface area contributed by atoms with Crippen molar-refractivity contribution in [2.45, 2.75) is 20.3 Å². The normalized spacial score (nSPS) is 10.4. The van der Waals surface area contributed by atoms with E-state index in [9.17, 15) is 4.79 Å². The quantitative estimate of drug-likeness (QED) is 0.708. The number of hydrogen-bond donors (Lipinski definition) is 2. The Bertz CT molecular complexity index is 391. The predicted octanol–water partition coefficient (Wildman–Crippen LogP) is 0.937. The molecular weight excluding hydrogens is 228 g/mol. The van der Waals surface area contributed by atoms with Gasteiger partial charge in [0.05, 0.1) is 19.6 Å². The molecule has 3 N–H and O–H groups in total. The van der Waals surface area contributed by atoms with Gasteiger partial charge < -0.3 is 15.8 Å². The van der Waals surface area contributed by atoms with Crippen LogP contribution in [0.2, 0.25) is 0 Å². The Hall–Kier alpha value is -1.39. The second-order valence-corrected chi connectivity index (χ2v) is 4.35. The molecule has 0 aliphatic rings. The van der Waals surface area contributed by atoms with Gasteiger partial charge in [0.2, 0.25) is 5.91 Å². The van der Waals surface area contributed by atoms with Gasteiger partial charge in [-0.3, -0.25) is 4.79 Å². The van der Waals surface area contributed by atoms with Gasteiger partial charge in [0, 0.05) is 13.1 Å². The van der Waals surface area contributed by atoms with E-state index in [1.165, 1.54) is 11.1 Å². The molecule has 0 unspecified atom stereocenters. The minimum atomic E-state index is 0.0228. The highest BCUT2D eigenvalue weighted by Gasteiger charge is 2.03. The van der Waals surface area contributed by atoms with E-state index in [-0.39, 0.29) is 5.91 Å². The van der Waals surface area contributed by atoms with Gasteiger partial charge in [-0.1, -0.05) is 18.2 Å². The molecule has 0 aliphatic carbocycles. The van der Waals surface area contributed by atoms with E-state index >= 15 is 0 Å². The largest absolute Gasteiger partial charge is 0.378 e. The molecule has 0 saturated heterocycles. The first kappa shape index (κ1) is 14.7. The van der Waals surface area contributed by atoms with Crippen LogP contribution in [-0.4, -0.2) is 32.2 Å². The van der Waals surface area contributed by atoms with Gasteiger partial charge in [0.15, 0.2) is 0 Å². The third kappa shape index (κ3) is 5.29. The van der Waals surface area contributed by atoms with Gasteiger partial charge in [0.1, 0.15) is 0 Å². The van der Waals surface area contributed by atoms with Gasteiger partial charge in [-0.15, -0.1) is 0 Å². The fourth-order valence-electron chi connectivity index (χ4n) is 1.61. The van der Waals surface area contributed by atoms with E-state index in [4.69, 9.17) is 10.5 Å². The van der Waals surface area contributed by atoms with Gasteiger partial charge in [-0.25, -0.2) is 0 Å². The maximum Gasteiger partial charge on any atom is 0.224 e. The molecule has 0 saturated carbocycles. The summed E-state index contributed by atoms with van der Waals surface area (Å²) < 4.78 is 5.18. The molecule has 1 rings (SSSR count). The lowest BCUT2D eigenvalue weighted by molar-refractivity contribution is -0.120. The van der Waals surface area contributed by atoms with Crippen LogP contribution in [0.15, 0.2) is 18.2 Å². The number of ether oxygens (including phenoxy) is 1. The zero-order valence-electron chi connectivity index (χ0n) is 11.2. The summed E-state index contributed by atoms with van der Waals surface area (Å²) in [5, 5.41) is 2.82. The molecule has 0 aliphatic heterocycles. The summed E-state index contributed by atoms with van der Waals surface area (Å²) in [6.45, 7) is 6.20. The number of aryl methyl sites for hydroxylation is 2. The first-order valence-electron chi connectivity index (χ1n) is 6.24. The van der Waals surface area contributed by atoms with Crippen LogP contribution in [0.5, 0.6) is 0 Å². The van der Waals surface area contributed by atoms with Crippen LogP contribution in [0.1, 0.15) is 16.7 Å². The number of carbonyl (C=O) groups is 1. The van der Waals surface area contributed by atoms with Crippen LogP contribution in [0, 0.1) is 13.8 Å². The average Bonchev–Trinajstić information content (AvgIpc) is 2.34. The van der Waals surface area contributed by atoms with Crippen molar-refractivity contribution in [3.8, 4) is 0 Å². The summed E-state index contributed by atoms with van der Waals surface area (Å²) >= 11 is 0. The first-order chi connectivity index (χ1) is 8.63. The molecule has 0 radical (unpaired) electrons. The SMILES string of the molecule is Cc1ccc(CC(=O)NCCOCCN)cc1C. The molecule has 4 nitrogen and oxygen atoms in total. The molecule has 0 spiro atoms. The van der Waals surface area contributed by atoms with E-state index in [0.717, 1.165) is 5.56 Å². The first-order valence-corrected chi connectivity index (χ1v) is 6.24. The van der Waals surface area contributed by atoms with Crippen LogP contribution in [0.25, 0.3) is 0 Å². The van der Waals surface area contributed by atoms with Crippen molar-refractivity contribution in [1.29, 1.82) is 0 Å². The molecule has 100 valence electrons. The predicted molar refractivity (Wildman–Crippen MR) is 72.5 cm³/mol. The summed E-state index contributed by atoms with van der Waals surface area (Å²) in [5.74, 6) is 0.0228. The number of rotatable bonds is 7. The van der Waals surface area contributed by atoms with Crippen LogP contribution < -0.4 is 11.1 Å². The van der Waals surface area contributed by atoms with Crippen LogP contribution in [0.4, 0.5) is 0 Å². The van der Waals surface area contributed by atoms with Crippen molar-refractivity contribution in [3.63, 3.8) is 0 Å². The van der Waals surface area contributed by atoms with Crippen molar-refractivity contribution in [3.05, 3.63) is 34.9 Å². The van der Waals surface area contributed by atoms with Crippen molar-refractivity contribution in [2.75, 3.05) is 26.3 Å². The van der Waals surface area contributed by atoms with Crippen molar-refractivity contribution >= 4 is 5.91 Å². The minimum absolute atomic E-state index is 0.0228. The van der Waals surface area contributed by atoms with E-state index in [1.54, 1.807) is 0 Å². The number of benzene rings is 1. The fraction of sp³-hybridized carbons (Fsp3) is 0.500. The topological polar surface area (TPSA) is 64.3 Å². The van der Waals surface area contributed by atoms with Gasteiger partial charge in [0.25, 0.3) is 0 Å². The third-order valence-electron chi connectivity index (χ3n) is 2.77. The van der Waals surface area contributed by atoms with Crippen LogP contribution in [0.3, 0.4) is 0 Å². The van der Waals surface area contributed by atoms with E-state index < -0.39 is 0 Å². The molecular formula is C14H22N2O2. The van der Waals surface area contributed by atoms with E-state index in [0.29, 0.717) is 32.7 Å². The van der Waals surface area contributed by atoms with Gasteiger partial charge in [-0.2, -0.15) is 0 Å². The summed E-state index contributed by atoms with van der Waals surface area (Å²) in [6, 6.07) is 6.09. The Morgan fingerprint density at radius 3 is 2.72 bits per heavy atom. The summed E-state index contributed by atoms with van der Waals surface area (Å²) in [4.78, 5) is 11.7. The summed E-state index contributed by atoms with van der Waals surface area (Å²) in [7, 11) is 0. The molecule has 0 heterocycles. The highest BCUT2D eigenvalue weighted by atomic mass is 16.5. The molecule has 1 amide bonds. The zero-order valence-corrected chi connectivity index (χ0v) is 11.2. The summed E-state index contributed by atoms with van der Waals surface area (Å²) in [6.07, 6.45) is 0.415. The Labute approximate surface area is 109 Å². The highest BCUT2D eigenvalue weighted by molar-refractivity contribution is 5.78. The lowest BCUT2D eigenvalue weighted by Crippen LogP contribution is -2.29. The average molecular weight is 250 g/mol.